The van der Waals surface area contributed by atoms with Crippen molar-refractivity contribution < 1.29 is 18.7 Å². The van der Waals surface area contributed by atoms with Crippen LogP contribution in [-0.2, 0) is 14.3 Å². The van der Waals surface area contributed by atoms with Gasteiger partial charge in [-0.3, -0.25) is 4.79 Å². The van der Waals surface area contributed by atoms with Gasteiger partial charge in [0.25, 0.3) is 5.91 Å². The third kappa shape index (κ3) is 6.08. The molecule has 0 N–H and O–H groups in total. The summed E-state index contributed by atoms with van der Waals surface area (Å²) in [6.07, 6.45) is 2.51. The Morgan fingerprint density at radius 1 is 1.19 bits per heavy atom. The molecule has 0 aliphatic heterocycles. The molecule has 6 heteroatoms. The summed E-state index contributed by atoms with van der Waals surface area (Å²) in [4.78, 5) is 25.6. The van der Waals surface area contributed by atoms with E-state index in [2.05, 4.69) is 0 Å². The number of halogens is 1. The first-order valence-corrected chi connectivity index (χ1v) is 8.34. The molecule has 27 heavy (non-hydrogen) atoms. The molecule has 1 amide bonds. The molecule has 138 valence electrons. The highest BCUT2D eigenvalue weighted by atomic mass is 19.1. The third-order valence-corrected chi connectivity index (χ3v) is 3.74. The van der Waals surface area contributed by atoms with Crippen molar-refractivity contribution in [2.75, 3.05) is 18.1 Å². The molecule has 0 atom stereocenters. The van der Waals surface area contributed by atoms with Crippen molar-refractivity contribution in [3.8, 4) is 6.07 Å². The Balaban J connectivity index is 1.98. The molecule has 5 nitrogen and oxygen atoms in total. The summed E-state index contributed by atoms with van der Waals surface area (Å²) in [5.41, 5.74) is 1.91. The number of hydrogen-bond acceptors (Lipinski definition) is 4. The fraction of sp³-hybridized carbons (Fsp3) is 0.190. The van der Waals surface area contributed by atoms with E-state index in [1.165, 1.54) is 23.1 Å². The topological polar surface area (TPSA) is 70.4 Å². The number of rotatable bonds is 7. The van der Waals surface area contributed by atoms with Gasteiger partial charge in [0.15, 0.2) is 6.61 Å². The number of carbonyl (C=O) groups is 2. The number of amides is 1. The maximum atomic E-state index is 13.5. The van der Waals surface area contributed by atoms with Crippen LogP contribution in [0.1, 0.15) is 17.5 Å². The van der Waals surface area contributed by atoms with E-state index in [0.717, 1.165) is 11.6 Å². The average Bonchev–Trinajstić information content (AvgIpc) is 2.67. The molecule has 0 aromatic heterocycles. The number of aryl methyl sites for hydroxylation is 1. The zero-order valence-corrected chi connectivity index (χ0v) is 14.9. The monoisotopic (exact) mass is 366 g/mol. The molecule has 0 saturated heterocycles. The van der Waals surface area contributed by atoms with Crippen LogP contribution in [0.5, 0.6) is 0 Å². The van der Waals surface area contributed by atoms with Gasteiger partial charge in [-0.25, -0.2) is 9.18 Å². The van der Waals surface area contributed by atoms with E-state index in [9.17, 15) is 14.0 Å². The minimum absolute atomic E-state index is 0.154. The number of esters is 1. The number of benzene rings is 2. The fourth-order valence-corrected chi connectivity index (χ4v) is 2.31. The van der Waals surface area contributed by atoms with E-state index in [1.54, 1.807) is 24.3 Å². The van der Waals surface area contributed by atoms with Crippen LogP contribution in [0.25, 0.3) is 6.08 Å². The van der Waals surface area contributed by atoms with Gasteiger partial charge in [-0.05, 0) is 31.2 Å². The molecule has 0 aliphatic carbocycles. The van der Waals surface area contributed by atoms with Crippen molar-refractivity contribution in [1.29, 1.82) is 5.26 Å². The van der Waals surface area contributed by atoms with E-state index < -0.39 is 24.3 Å². The average molecular weight is 366 g/mol. The largest absolute Gasteiger partial charge is 0.452 e. The second-order valence-electron chi connectivity index (χ2n) is 5.75. The molecule has 0 aliphatic rings. The van der Waals surface area contributed by atoms with Gasteiger partial charge in [0.1, 0.15) is 5.82 Å². The lowest BCUT2D eigenvalue weighted by Gasteiger charge is -2.21. The lowest BCUT2D eigenvalue weighted by atomic mass is 10.2. The fourth-order valence-electron chi connectivity index (χ4n) is 2.31. The Labute approximate surface area is 157 Å². The highest BCUT2D eigenvalue weighted by Gasteiger charge is 2.17. The van der Waals surface area contributed by atoms with Crippen molar-refractivity contribution in [3.63, 3.8) is 0 Å². The Morgan fingerprint density at radius 3 is 2.56 bits per heavy atom. The molecule has 2 aromatic rings. The molecule has 2 aromatic carbocycles. The van der Waals surface area contributed by atoms with Crippen LogP contribution in [-0.4, -0.2) is 25.0 Å². The minimum atomic E-state index is -0.754. The first kappa shape index (κ1) is 19.9. The molecule has 0 bridgehead atoms. The molecular formula is C21H19FN2O3. The summed E-state index contributed by atoms with van der Waals surface area (Å²) in [6.45, 7) is 1.65. The summed E-state index contributed by atoms with van der Waals surface area (Å²) in [6, 6.07) is 15.2. The van der Waals surface area contributed by atoms with Gasteiger partial charge in [0.05, 0.1) is 12.5 Å². The second kappa shape index (κ2) is 9.88. The summed E-state index contributed by atoms with van der Waals surface area (Å²) in [5, 5.41) is 8.79. The lowest BCUT2D eigenvalue weighted by molar-refractivity contribution is -0.142. The highest BCUT2D eigenvalue weighted by molar-refractivity contribution is 5.96. The van der Waals surface area contributed by atoms with Crippen molar-refractivity contribution in [2.45, 2.75) is 13.3 Å². The first-order valence-electron chi connectivity index (χ1n) is 8.34. The molecule has 2 rings (SSSR count). The van der Waals surface area contributed by atoms with Crippen LogP contribution < -0.4 is 4.90 Å². The van der Waals surface area contributed by atoms with Crippen LogP contribution >= 0.6 is 0 Å². The zero-order valence-electron chi connectivity index (χ0n) is 14.9. The van der Waals surface area contributed by atoms with Crippen LogP contribution in [0, 0.1) is 24.1 Å². The Kier molecular flexibility index (Phi) is 7.26. The number of nitriles is 1. The van der Waals surface area contributed by atoms with Crippen molar-refractivity contribution >= 4 is 23.6 Å². The van der Waals surface area contributed by atoms with E-state index in [1.807, 2.05) is 25.1 Å². The third-order valence-electron chi connectivity index (χ3n) is 3.74. The van der Waals surface area contributed by atoms with Crippen LogP contribution in [0.3, 0.4) is 0 Å². The standard InChI is InChI=1S/C21H19FN2O3/c1-16-7-10-18(11-8-16)24(14-4-13-23)20(25)15-27-21(26)12-9-17-5-2-3-6-19(17)22/h2-3,5-12H,4,14-15H2,1H3/b12-9+. The van der Waals surface area contributed by atoms with E-state index in [-0.39, 0.29) is 18.5 Å². The number of ether oxygens (including phenoxy) is 1. The Morgan fingerprint density at radius 2 is 1.89 bits per heavy atom. The highest BCUT2D eigenvalue weighted by Crippen LogP contribution is 2.16. The molecule has 0 spiro atoms. The van der Waals surface area contributed by atoms with Gasteiger partial charge < -0.3 is 9.64 Å². The number of anilines is 1. The van der Waals surface area contributed by atoms with E-state index in [4.69, 9.17) is 10.00 Å². The minimum Gasteiger partial charge on any atom is -0.452 e. The molecule has 0 saturated carbocycles. The van der Waals surface area contributed by atoms with Gasteiger partial charge in [-0.15, -0.1) is 0 Å². The number of hydrogen-bond donors (Lipinski definition) is 0. The SMILES string of the molecule is Cc1ccc(N(CCC#N)C(=O)COC(=O)/C=C/c2ccccc2F)cc1. The van der Waals surface area contributed by atoms with Gasteiger partial charge in [-0.2, -0.15) is 5.26 Å². The van der Waals surface area contributed by atoms with Crippen molar-refractivity contribution in [3.05, 3.63) is 71.6 Å². The molecule has 0 heterocycles. The maximum Gasteiger partial charge on any atom is 0.331 e. The molecular weight excluding hydrogens is 347 g/mol. The van der Waals surface area contributed by atoms with Gasteiger partial charge in [0.2, 0.25) is 0 Å². The predicted molar refractivity (Wildman–Crippen MR) is 100 cm³/mol. The van der Waals surface area contributed by atoms with E-state index in [0.29, 0.717) is 5.69 Å². The van der Waals surface area contributed by atoms with Crippen LogP contribution in [0.4, 0.5) is 10.1 Å². The predicted octanol–water partition coefficient (Wildman–Crippen LogP) is 3.64. The van der Waals surface area contributed by atoms with Crippen LogP contribution in [0.2, 0.25) is 0 Å². The quantitative estimate of drug-likeness (QED) is 0.554. The maximum absolute atomic E-state index is 13.5. The Hall–Kier alpha value is -3.46. The first-order chi connectivity index (χ1) is 13.0. The van der Waals surface area contributed by atoms with E-state index >= 15 is 0 Å². The molecule has 0 fully saturated rings. The van der Waals surface area contributed by atoms with Crippen LogP contribution in [0.15, 0.2) is 54.6 Å². The van der Waals surface area contributed by atoms with Crippen molar-refractivity contribution in [1.82, 2.24) is 0 Å². The summed E-state index contributed by atoms with van der Waals surface area (Å²) in [5.74, 6) is -1.66. The lowest BCUT2D eigenvalue weighted by Crippen LogP contribution is -2.35. The molecule has 0 radical (unpaired) electrons. The van der Waals surface area contributed by atoms with Gasteiger partial charge in [-0.1, -0.05) is 35.9 Å². The summed E-state index contributed by atoms with van der Waals surface area (Å²) < 4.78 is 18.5. The zero-order chi connectivity index (χ0) is 19.6. The van der Waals surface area contributed by atoms with Gasteiger partial charge in [0, 0.05) is 23.9 Å². The normalized spacial score (nSPS) is 10.4. The summed E-state index contributed by atoms with van der Waals surface area (Å²) in [7, 11) is 0. The van der Waals surface area contributed by atoms with Gasteiger partial charge >= 0.3 is 5.97 Å². The second-order valence-corrected chi connectivity index (χ2v) is 5.75. The number of nitrogens with zero attached hydrogens (tertiary/aromatic N) is 2. The molecule has 0 unspecified atom stereocenters. The Bertz CT molecular complexity index is 870. The number of carbonyl (C=O) groups excluding carboxylic acids is 2. The van der Waals surface area contributed by atoms with Crippen molar-refractivity contribution in [2.24, 2.45) is 0 Å². The summed E-state index contributed by atoms with van der Waals surface area (Å²) >= 11 is 0. The smallest absolute Gasteiger partial charge is 0.331 e.